The van der Waals surface area contributed by atoms with Crippen LogP contribution in [-0.2, 0) is 13.2 Å². The molecule has 0 unspecified atom stereocenters. The molecular formula is C19H17Cl2N3O3. The number of halogens is 2. The summed E-state index contributed by atoms with van der Waals surface area (Å²) in [6.45, 7) is 1.04. The van der Waals surface area contributed by atoms with Crippen molar-refractivity contribution in [2.24, 2.45) is 5.92 Å². The van der Waals surface area contributed by atoms with Crippen LogP contribution in [0.15, 0.2) is 47.1 Å². The molecule has 1 aliphatic carbocycles. The summed E-state index contributed by atoms with van der Waals surface area (Å²) in [6, 6.07) is 8.26. The summed E-state index contributed by atoms with van der Waals surface area (Å²) < 4.78 is 13.0. The van der Waals surface area contributed by atoms with E-state index < -0.39 is 0 Å². The van der Waals surface area contributed by atoms with Gasteiger partial charge < -0.3 is 14.5 Å². The molecule has 1 aliphatic rings. The molecule has 3 aromatic rings. The molecule has 0 spiro atoms. The van der Waals surface area contributed by atoms with E-state index in [4.69, 9.17) is 32.4 Å². The van der Waals surface area contributed by atoms with E-state index in [-0.39, 0.29) is 18.3 Å². The van der Waals surface area contributed by atoms with Gasteiger partial charge >= 0.3 is 0 Å². The second-order valence-corrected chi connectivity index (χ2v) is 7.32. The lowest BCUT2D eigenvalue weighted by Gasteiger charge is -2.06. The summed E-state index contributed by atoms with van der Waals surface area (Å²) in [5.41, 5.74) is 0.641. The number of carbonyl (C=O) groups is 1. The first kappa shape index (κ1) is 17.9. The zero-order valence-electron chi connectivity index (χ0n) is 14.3. The first-order valence-corrected chi connectivity index (χ1v) is 9.33. The summed E-state index contributed by atoms with van der Waals surface area (Å²) in [4.78, 5) is 12.3. The third kappa shape index (κ3) is 4.64. The quantitative estimate of drug-likeness (QED) is 0.598. The molecule has 8 heteroatoms. The van der Waals surface area contributed by atoms with Gasteiger partial charge in [-0.2, -0.15) is 5.10 Å². The van der Waals surface area contributed by atoms with E-state index >= 15 is 0 Å². The summed E-state index contributed by atoms with van der Waals surface area (Å²) in [7, 11) is 0. The van der Waals surface area contributed by atoms with Crippen LogP contribution in [0.3, 0.4) is 0 Å². The molecule has 0 atom stereocenters. The van der Waals surface area contributed by atoms with Gasteiger partial charge in [-0.05, 0) is 49.1 Å². The molecule has 1 saturated carbocycles. The Morgan fingerprint density at radius 1 is 1.30 bits per heavy atom. The minimum Gasteiger partial charge on any atom is -0.484 e. The zero-order valence-corrected chi connectivity index (χ0v) is 15.8. The predicted octanol–water partition coefficient (Wildman–Crippen LogP) is 5.02. The Labute approximate surface area is 166 Å². The highest BCUT2D eigenvalue weighted by molar-refractivity contribution is 6.35. The Balaban J connectivity index is 1.33. The lowest BCUT2D eigenvalue weighted by molar-refractivity contribution is 0.0992. The fraction of sp³-hybridized carbons (Fsp3) is 0.263. The van der Waals surface area contributed by atoms with Crippen molar-refractivity contribution in [2.45, 2.75) is 26.0 Å². The van der Waals surface area contributed by atoms with Gasteiger partial charge in [-0.3, -0.25) is 9.48 Å². The van der Waals surface area contributed by atoms with Crippen molar-refractivity contribution in [3.8, 4) is 5.75 Å². The number of nitrogens with one attached hydrogen (secondary N) is 1. The van der Waals surface area contributed by atoms with Gasteiger partial charge in [0.25, 0.3) is 5.91 Å². The van der Waals surface area contributed by atoms with Crippen molar-refractivity contribution in [3.05, 3.63) is 64.3 Å². The maximum absolute atomic E-state index is 12.3. The first-order valence-electron chi connectivity index (χ1n) is 8.57. The topological polar surface area (TPSA) is 69.3 Å². The molecule has 0 bridgehead atoms. The monoisotopic (exact) mass is 405 g/mol. The van der Waals surface area contributed by atoms with Crippen molar-refractivity contribution in [1.82, 2.24) is 9.78 Å². The van der Waals surface area contributed by atoms with Gasteiger partial charge in [0, 0.05) is 17.8 Å². The lowest BCUT2D eigenvalue weighted by atomic mass is 10.3. The predicted molar refractivity (Wildman–Crippen MR) is 102 cm³/mol. The third-order valence-electron chi connectivity index (χ3n) is 4.18. The molecule has 0 radical (unpaired) electrons. The normalized spacial score (nSPS) is 13.6. The van der Waals surface area contributed by atoms with E-state index in [1.165, 1.54) is 12.8 Å². The number of nitrogens with zero attached hydrogens (tertiary/aromatic N) is 2. The van der Waals surface area contributed by atoms with Gasteiger partial charge in [0.2, 0.25) is 0 Å². The molecule has 140 valence electrons. The van der Waals surface area contributed by atoms with Gasteiger partial charge in [-0.25, -0.2) is 0 Å². The highest BCUT2D eigenvalue weighted by Gasteiger charge is 2.22. The van der Waals surface area contributed by atoms with Gasteiger partial charge in [-0.15, -0.1) is 0 Å². The molecule has 1 fully saturated rings. The fourth-order valence-electron chi connectivity index (χ4n) is 2.60. The van der Waals surface area contributed by atoms with Gasteiger partial charge in [-0.1, -0.05) is 23.2 Å². The van der Waals surface area contributed by atoms with Crippen LogP contribution in [0.1, 0.15) is 29.2 Å². The molecule has 4 rings (SSSR count). The Morgan fingerprint density at radius 2 is 2.15 bits per heavy atom. The number of furan rings is 1. The second-order valence-electron chi connectivity index (χ2n) is 6.48. The molecule has 1 N–H and O–H groups in total. The van der Waals surface area contributed by atoms with Gasteiger partial charge in [0.15, 0.2) is 5.76 Å². The van der Waals surface area contributed by atoms with Crippen LogP contribution < -0.4 is 10.1 Å². The largest absolute Gasteiger partial charge is 0.484 e. The summed E-state index contributed by atoms with van der Waals surface area (Å²) >= 11 is 11.9. The third-order valence-corrected chi connectivity index (χ3v) is 4.71. The SMILES string of the molecule is O=C(Nc1cnn(CC2CC2)c1)c1ccc(COc2ccc(Cl)cc2Cl)o1. The Kier molecular flexibility index (Phi) is 5.09. The van der Waals surface area contributed by atoms with Crippen LogP contribution in [0.25, 0.3) is 0 Å². The fourth-order valence-corrected chi connectivity index (χ4v) is 3.07. The smallest absolute Gasteiger partial charge is 0.291 e. The first-order chi connectivity index (χ1) is 13.1. The maximum Gasteiger partial charge on any atom is 0.291 e. The lowest BCUT2D eigenvalue weighted by Crippen LogP contribution is -2.10. The standard InChI is InChI=1S/C19H17Cl2N3O3/c20-13-3-5-17(16(21)7-13)26-11-15-4-6-18(27-15)19(25)23-14-8-22-24(10-14)9-12-1-2-12/h3-8,10,12H,1-2,9,11H2,(H,23,25). The summed E-state index contributed by atoms with van der Waals surface area (Å²) in [5.74, 6) is 1.58. The minimum atomic E-state index is -0.336. The highest BCUT2D eigenvalue weighted by atomic mass is 35.5. The number of carbonyl (C=O) groups excluding carboxylic acids is 1. The molecule has 6 nitrogen and oxygen atoms in total. The Hall–Kier alpha value is -2.44. The van der Waals surface area contributed by atoms with Crippen LogP contribution in [0.5, 0.6) is 5.75 Å². The molecular weight excluding hydrogens is 389 g/mol. The summed E-state index contributed by atoms with van der Waals surface area (Å²) in [5, 5.41) is 7.98. The van der Waals surface area contributed by atoms with Crippen molar-refractivity contribution in [3.63, 3.8) is 0 Å². The Bertz CT molecular complexity index is 963. The maximum atomic E-state index is 12.3. The van der Waals surface area contributed by atoms with Crippen molar-refractivity contribution >= 4 is 34.8 Å². The summed E-state index contributed by atoms with van der Waals surface area (Å²) in [6.07, 6.45) is 5.96. The van der Waals surface area contributed by atoms with E-state index in [2.05, 4.69) is 10.4 Å². The van der Waals surface area contributed by atoms with Crippen molar-refractivity contribution in [1.29, 1.82) is 0 Å². The number of hydrogen-bond acceptors (Lipinski definition) is 4. The number of anilines is 1. The molecule has 2 aromatic heterocycles. The van der Waals surface area contributed by atoms with E-state index in [0.29, 0.717) is 27.2 Å². The molecule has 0 saturated heterocycles. The molecule has 0 aliphatic heterocycles. The average Bonchev–Trinajstić information content (AvgIpc) is 3.14. The number of hydrogen-bond donors (Lipinski definition) is 1. The second kappa shape index (κ2) is 7.66. The van der Waals surface area contributed by atoms with Crippen LogP contribution in [-0.4, -0.2) is 15.7 Å². The van der Waals surface area contributed by atoms with Crippen LogP contribution in [0, 0.1) is 5.92 Å². The zero-order chi connectivity index (χ0) is 18.8. The number of aromatic nitrogens is 2. The van der Waals surface area contributed by atoms with Crippen LogP contribution >= 0.6 is 23.2 Å². The Morgan fingerprint density at radius 3 is 2.93 bits per heavy atom. The molecule has 1 aromatic carbocycles. The van der Waals surface area contributed by atoms with Crippen molar-refractivity contribution < 1.29 is 13.9 Å². The highest BCUT2D eigenvalue weighted by Crippen LogP contribution is 2.30. The van der Waals surface area contributed by atoms with Crippen LogP contribution in [0.2, 0.25) is 10.0 Å². The van der Waals surface area contributed by atoms with Gasteiger partial charge in [0.1, 0.15) is 18.1 Å². The van der Waals surface area contributed by atoms with Gasteiger partial charge in [0.05, 0.1) is 16.9 Å². The minimum absolute atomic E-state index is 0.147. The number of rotatable bonds is 7. The van der Waals surface area contributed by atoms with E-state index in [1.807, 2.05) is 10.9 Å². The molecule has 2 heterocycles. The number of benzene rings is 1. The van der Waals surface area contributed by atoms with E-state index in [9.17, 15) is 4.79 Å². The molecule has 1 amide bonds. The number of amides is 1. The van der Waals surface area contributed by atoms with E-state index in [1.54, 1.807) is 36.5 Å². The average molecular weight is 406 g/mol. The van der Waals surface area contributed by atoms with Crippen molar-refractivity contribution in [2.75, 3.05) is 5.32 Å². The molecule has 27 heavy (non-hydrogen) atoms. The van der Waals surface area contributed by atoms with Crippen LogP contribution in [0.4, 0.5) is 5.69 Å². The number of ether oxygens (including phenoxy) is 1. The van der Waals surface area contributed by atoms with E-state index in [0.717, 1.165) is 12.5 Å².